The van der Waals surface area contributed by atoms with Crippen molar-refractivity contribution >= 4 is 27.5 Å². The van der Waals surface area contributed by atoms with Gasteiger partial charge < -0.3 is 5.32 Å². The highest BCUT2D eigenvalue weighted by Gasteiger charge is 2.31. The third-order valence-electron chi connectivity index (χ3n) is 4.79. The number of nitrogens with zero attached hydrogens (tertiary/aromatic N) is 1. The van der Waals surface area contributed by atoms with Crippen molar-refractivity contribution < 1.29 is 13.2 Å². The molecule has 1 saturated heterocycles. The van der Waals surface area contributed by atoms with Gasteiger partial charge in [-0.15, -0.1) is 0 Å². The predicted molar refractivity (Wildman–Crippen MR) is 107 cm³/mol. The molecule has 2 aromatic rings. The number of amides is 1. The highest BCUT2D eigenvalue weighted by molar-refractivity contribution is 7.88. The standard InChI is InChI=1S/C20H23ClN2O3S/c21-19-8-6-17(7-9-19)15-27(25,26)23-12-10-18(11-13-23)20(24)22-14-16-4-2-1-3-5-16/h1-9,18H,10-15H2,(H,22,24). The average Bonchev–Trinajstić information content (AvgIpc) is 2.69. The molecule has 0 aliphatic carbocycles. The predicted octanol–water partition coefficient (Wildman–Crippen LogP) is 3.20. The first-order valence-electron chi connectivity index (χ1n) is 8.98. The van der Waals surface area contributed by atoms with Gasteiger partial charge in [-0.3, -0.25) is 4.79 Å². The first-order valence-corrected chi connectivity index (χ1v) is 11.0. The molecular formula is C20H23ClN2O3S. The minimum absolute atomic E-state index is 0.00592. The van der Waals surface area contributed by atoms with E-state index in [2.05, 4.69) is 5.32 Å². The molecule has 1 aliphatic rings. The minimum atomic E-state index is -3.40. The lowest BCUT2D eigenvalue weighted by atomic mass is 9.97. The summed E-state index contributed by atoms with van der Waals surface area (Å²) in [5.41, 5.74) is 1.76. The fourth-order valence-corrected chi connectivity index (χ4v) is 4.90. The van der Waals surface area contributed by atoms with Crippen LogP contribution in [0.15, 0.2) is 54.6 Å². The van der Waals surface area contributed by atoms with Gasteiger partial charge in [0.05, 0.1) is 5.75 Å². The van der Waals surface area contributed by atoms with Crippen LogP contribution in [0.25, 0.3) is 0 Å². The van der Waals surface area contributed by atoms with Gasteiger partial charge in [-0.1, -0.05) is 54.1 Å². The molecule has 1 aliphatic heterocycles. The van der Waals surface area contributed by atoms with Gasteiger partial charge in [0.2, 0.25) is 15.9 Å². The van der Waals surface area contributed by atoms with Gasteiger partial charge in [0.25, 0.3) is 0 Å². The Labute approximate surface area is 165 Å². The Kier molecular flexibility index (Phi) is 6.52. The van der Waals surface area contributed by atoms with Crippen molar-refractivity contribution in [3.8, 4) is 0 Å². The van der Waals surface area contributed by atoms with Crippen molar-refractivity contribution in [1.82, 2.24) is 9.62 Å². The van der Waals surface area contributed by atoms with Crippen LogP contribution in [0.4, 0.5) is 0 Å². The lowest BCUT2D eigenvalue weighted by molar-refractivity contribution is -0.126. The van der Waals surface area contributed by atoms with Crippen LogP contribution in [-0.4, -0.2) is 31.7 Å². The molecule has 1 heterocycles. The second kappa shape index (κ2) is 8.87. The molecule has 1 fully saturated rings. The molecule has 0 unspecified atom stereocenters. The minimum Gasteiger partial charge on any atom is -0.352 e. The molecule has 0 radical (unpaired) electrons. The summed E-state index contributed by atoms with van der Waals surface area (Å²) >= 11 is 5.84. The quantitative estimate of drug-likeness (QED) is 0.801. The molecule has 0 bridgehead atoms. The Bertz CT molecular complexity index is 862. The van der Waals surface area contributed by atoms with Crippen LogP contribution in [0, 0.1) is 5.92 Å². The zero-order valence-corrected chi connectivity index (χ0v) is 16.5. The number of piperidine rings is 1. The Morgan fingerprint density at radius 2 is 1.63 bits per heavy atom. The monoisotopic (exact) mass is 406 g/mol. The van der Waals surface area contributed by atoms with E-state index in [9.17, 15) is 13.2 Å². The van der Waals surface area contributed by atoms with Crippen LogP contribution >= 0.6 is 11.6 Å². The number of hydrogen-bond acceptors (Lipinski definition) is 3. The van der Waals surface area contributed by atoms with Gasteiger partial charge in [-0.2, -0.15) is 0 Å². The van der Waals surface area contributed by atoms with E-state index in [1.807, 2.05) is 30.3 Å². The zero-order chi connectivity index (χ0) is 19.3. The summed E-state index contributed by atoms with van der Waals surface area (Å²) in [6.07, 6.45) is 1.08. The van der Waals surface area contributed by atoms with E-state index in [1.54, 1.807) is 24.3 Å². The van der Waals surface area contributed by atoms with Gasteiger partial charge in [0, 0.05) is 30.6 Å². The maximum Gasteiger partial charge on any atom is 0.223 e. The lowest BCUT2D eigenvalue weighted by Crippen LogP contribution is -2.43. The molecule has 0 atom stereocenters. The first kappa shape index (κ1) is 19.9. The topological polar surface area (TPSA) is 66.5 Å². The van der Waals surface area contributed by atoms with Crippen molar-refractivity contribution in [2.45, 2.75) is 25.1 Å². The largest absolute Gasteiger partial charge is 0.352 e. The molecule has 1 amide bonds. The number of hydrogen-bond donors (Lipinski definition) is 1. The summed E-state index contributed by atoms with van der Waals surface area (Å²) in [5.74, 6) is -0.195. The summed E-state index contributed by atoms with van der Waals surface area (Å²) in [6.45, 7) is 1.24. The smallest absolute Gasteiger partial charge is 0.223 e. The normalized spacial score (nSPS) is 16.2. The molecular weight excluding hydrogens is 384 g/mol. The van der Waals surface area contributed by atoms with Crippen LogP contribution in [0.1, 0.15) is 24.0 Å². The van der Waals surface area contributed by atoms with Crippen molar-refractivity contribution in [3.63, 3.8) is 0 Å². The fraction of sp³-hybridized carbons (Fsp3) is 0.350. The summed E-state index contributed by atoms with van der Waals surface area (Å²) < 4.78 is 26.7. The van der Waals surface area contributed by atoms with Crippen molar-refractivity contribution in [2.75, 3.05) is 13.1 Å². The van der Waals surface area contributed by atoms with E-state index in [0.29, 0.717) is 43.1 Å². The van der Waals surface area contributed by atoms with Crippen LogP contribution in [0.2, 0.25) is 5.02 Å². The summed E-state index contributed by atoms with van der Waals surface area (Å²) in [5, 5.41) is 3.53. The molecule has 0 saturated carbocycles. The van der Waals surface area contributed by atoms with Crippen LogP contribution in [-0.2, 0) is 27.1 Å². The van der Waals surface area contributed by atoms with Gasteiger partial charge in [0.15, 0.2) is 0 Å². The van der Waals surface area contributed by atoms with E-state index in [1.165, 1.54) is 4.31 Å². The Morgan fingerprint density at radius 3 is 2.26 bits per heavy atom. The SMILES string of the molecule is O=C(NCc1ccccc1)C1CCN(S(=O)(=O)Cc2ccc(Cl)cc2)CC1. The number of halogens is 1. The molecule has 144 valence electrons. The molecule has 7 heteroatoms. The Hall–Kier alpha value is -1.89. The van der Waals surface area contributed by atoms with E-state index in [0.717, 1.165) is 5.56 Å². The van der Waals surface area contributed by atoms with E-state index >= 15 is 0 Å². The van der Waals surface area contributed by atoms with E-state index < -0.39 is 10.0 Å². The third kappa shape index (κ3) is 5.54. The Morgan fingerprint density at radius 1 is 1.00 bits per heavy atom. The number of sulfonamides is 1. The fourth-order valence-electron chi connectivity index (χ4n) is 3.21. The number of carbonyl (C=O) groups excluding carboxylic acids is 1. The lowest BCUT2D eigenvalue weighted by Gasteiger charge is -2.30. The van der Waals surface area contributed by atoms with Crippen LogP contribution in [0.5, 0.6) is 0 Å². The molecule has 2 aromatic carbocycles. The van der Waals surface area contributed by atoms with Gasteiger partial charge in [0.1, 0.15) is 0 Å². The number of rotatable bonds is 6. The number of nitrogens with one attached hydrogen (secondary N) is 1. The third-order valence-corrected chi connectivity index (χ3v) is 6.89. The molecule has 27 heavy (non-hydrogen) atoms. The van der Waals surface area contributed by atoms with Crippen molar-refractivity contribution in [1.29, 1.82) is 0 Å². The summed E-state index contributed by atoms with van der Waals surface area (Å²) in [6, 6.07) is 16.6. The highest BCUT2D eigenvalue weighted by atomic mass is 35.5. The van der Waals surface area contributed by atoms with Crippen LogP contribution < -0.4 is 5.32 Å². The average molecular weight is 407 g/mol. The van der Waals surface area contributed by atoms with Crippen LogP contribution in [0.3, 0.4) is 0 Å². The molecule has 1 N–H and O–H groups in total. The summed E-state index contributed by atoms with van der Waals surface area (Å²) in [7, 11) is -3.40. The molecule has 0 spiro atoms. The van der Waals surface area contributed by atoms with Gasteiger partial charge >= 0.3 is 0 Å². The molecule has 3 rings (SSSR count). The van der Waals surface area contributed by atoms with E-state index in [4.69, 9.17) is 11.6 Å². The number of carbonyl (C=O) groups is 1. The van der Waals surface area contributed by atoms with Crippen molar-refractivity contribution in [3.05, 3.63) is 70.7 Å². The Balaban J connectivity index is 1.50. The summed E-state index contributed by atoms with van der Waals surface area (Å²) in [4.78, 5) is 12.4. The van der Waals surface area contributed by atoms with Crippen molar-refractivity contribution in [2.24, 2.45) is 5.92 Å². The van der Waals surface area contributed by atoms with E-state index in [-0.39, 0.29) is 17.6 Å². The highest BCUT2D eigenvalue weighted by Crippen LogP contribution is 2.22. The second-order valence-electron chi connectivity index (χ2n) is 6.76. The second-order valence-corrected chi connectivity index (χ2v) is 9.16. The maximum absolute atomic E-state index is 12.6. The first-order chi connectivity index (χ1) is 12.9. The molecule has 0 aromatic heterocycles. The number of benzene rings is 2. The maximum atomic E-state index is 12.6. The van der Waals surface area contributed by atoms with Gasteiger partial charge in [-0.25, -0.2) is 12.7 Å². The van der Waals surface area contributed by atoms with Gasteiger partial charge in [-0.05, 0) is 36.1 Å². The molecule has 5 nitrogen and oxygen atoms in total. The zero-order valence-electron chi connectivity index (χ0n) is 15.0.